The van der Waals surface area contributed by atoms with Gasteiger partial charge in [-0.2, -0.15) is 4.31 Å². The third-order valence-corrected chi connectivity index (χ3v) is 8.21. The van der Waals surface area contributed by atoms with Gasteiger partial charge < -0.3 is 9.64 Å². The third kappa shape index (κ3) is 6.85. The molecule has 1 aliphatic heterocycles. The largest absolute Gasteiger partial charge is 0.484 e. The molecule has 4 rings (SSSR count). The lowest BCUT2D eigenvalue weighted by Gasteiger charge is -2.34. The van der Waals surface area contributed by atoms with Gasteiger partial charge in [0, 0.05) is 36.8 Å². The van der Waals surface area contributed by atoms with E-state index in [0.29, 0.717) is 16.3 Å². The van der Waals surface area contributed by atoms with Crippen molar-refractivity contribution in [1.29, 1.82) is 0 Å². The van der Waals surface area contributed by atoms with Gasteiger partial charge in [-0.25, -0.2) is 8.42 Å². The number of allylic oxidation sites excluding steroid dienone is 1. The molecule has 0 unspecified atom stereocenters. The highest BCUT2D eigenvalue weighted by Crippen LogP contribution is 2.20. The number of hydrogen-bond donors (Lipinski definition) is 0. The molecule has 1 saturated heterocycles. The van der Waals surface area contributed by atoms with E-state index in [1.807, 2.05) is 31.2 Å². The van der Waals surface area contributed by atoms with E-state index in [-0.39, 0.29) is 49.4 Å². The van der Waals surface area contributed by atoms with Gasteiger partial charge >= 0.3 is 0 Å². The molecule has 37 heavy (non-hydrogen) atoms. The van der Waals surface area contributed by atoms with Crippen LogP contribution in [-0.2, 0) is 14.8 Å². The van der Waals surface area contributed by atoms with Crippen LogP contribution in [0.5, 0.6) is 5.75 Å². The van der Waals surface area contributed by atoms with Gasteiger partial charge in [-0.15, -0.1) is 0 Å². The molecule has 0 radical (unpaired) electrons. The lowest BCUT2D eigenvalue weighted by molar-refractivity contribution is -0.134. The first-order chi connectivity index (χ1) is 17.7. The molecular formula is C28H27ClN2O5S. The number of carbonyl (C=O) groups is 2. The average Bonchev–Trinajstić information content (AvgIpc) is 2.92. The van der Waals surface area contributed by atoms with Crippen molar-refractivity contribution in [3.05, 3.63) is 101 Å². The standard InChI is InChI=1S/C28H27ClN2O5S/c1-21-2-4-22(5-3-21)6-15-27(32)23-7-11-25(12-8-23)36-20-28(33)30-16-18-31(19-17-30)37(34,35)26-13-9-24(29)10-14-26/h2-15H,16-20H2,1H3. The molecule has 0 aliphatic carbocycles. The molecule has 192 valence electrons. The molecule has 3 aromatic carbocycles. The highest BCUT2D eigenvalue weighted by atomic mass is 35.5. The lowest BCUT2D eigenvalue weighted by Crippen LogP contribution is -2.51. The SMILES string of the molecule is Cc1ccc(C=CC(=O)c2ccc(OCC(=O)N3CCN(S(=O)(=O)c4ccc(Cl)cc4)CC3)cc2)cc1. The Balaban J connectivity index is 1.25. The Morgan fingerprint density at radius 2 is 1.51 bits per heavy atom. The fourth-order valence-electron chi connectivity index (χ4n) is 3.83. The first kappa shape index (κ1) is 26.6. The Hall–Kier alpha value is -3.46. The smallest absolute Gasteiger partial charge is 0.260 e. The zero-order valence-corrected chi connectivity index (χ0v) is 21.9. The number of rotatable bonds is 8. The van der Waals surface area contributed by atoms with Gasteiger partial charge in [-0.1, -0.05) is 47.5 Å². The predicted octanol–water partition coefficient (Wildman–Crippen LogP) is 4.46. The summed E-state index contributed by atoms with van der Waals surface area (Å²) in [4.78, 5) is 26.8. The second-order valence-corrected chi connectivity index (χ2v) is 11.0. The molecule has 1 heterocycles. The Morgan fingerprint density at radius 3 is 2.14 bits per heavy atom. The monoisotopic (exact) mass is 538 g/mol. The molecule has 0 spiro atoms. The van der Waals surface area contributed by atoms with E-state index in [1.165, 1.54) is 34.6 Å². The number of amides is 1. The number of ketones is 1. The van der Waals surface area contributed by atoms with Crippen molar-refractivity contribution in [2.24, 2.45) is 0 Å². The van der Waals surface area contributed by atoms with Crippen LogP contribution in [0, 0.1) is 6.92 Å². The summed E-state index contributed by atoms with van der Waals surface area (Å²) in [6.45, 7) is 2.77. The van der Waals surface area contributed by atoms with Crippen molar-refractivity contribution in [3.8, 4) is 5.75 Å². The number of ether oxygens (including phenoxy) is 1. The van der Waals surface area contributed by atoms with Crippen molar-refractivity contribution in [2.75, 3.05) is 32.8 Å². The van der Waals surface area contributed by atoms with Crippen LogP contribution >= 0.6 is 11.6 Å². The van der Waals surface area contributed by atoms with Gasteiger partial charge in [0.15, 0.2) is 12.4 Å². The molecule has 0 atom stereocenters. The molecule has 1 aliphatic rings. The first-order valence-electron chi connectivity index (χ1n) is 11.8. The van der Waals surface area contributed by atoms with Crippen LogP contribution in [0.15, 0.2) is 83.8 Å². The summed E-state index contributed by atoms with van der Waals surface area (Å²) in [5, 5.41) is 0.463. The van der Waals surface area contributed by atoms with E-state index in [1.54, 1.807) is 35.2 Å². The molecule has 1 amide bonds. The fraction of sp³-hybridized carbons (Fsp3) is 0.214. The van der Waals surface area contributed by atoms with Gasteiger partial charge in [0.2, 0.25) is 10.0 Å². The summed E-state index contributed by atoms with van der Waals surface area (Å²) in [5.41, 5.74) is 2.61. The first-order valence-corrected chi connectivity index (χ1v) is 13.6. The van der Waals surface area contributed by atoms with Gasteiger partial charge in [0.1, 0.15) is 5.75 Å². The maximum absolute atomic E-state index is 12.8. The van der Waals surface area contributed by atoms with Crippen LogP contribution in [0.4, 0.5) is 0 Å². The number of carbonyl (C=O) groups excluding carboxylic acids is 2. The van der Waals surface area contributed by atoms with Crippen molar-refractivity contribution in [1.82, 2.24) is 9.21 Å². The highest BCUT2D eigenvalue weighted by Gasteiger charge is 2.30. The average molecular weight is 539 g/mol. The lowest BCUT2D eigenvalue weighted by atomic mass is 10.1. The number of hydrogen-bond acceptors (Lipinski definition) is 5. The maximum atomic E-state index is 12.8. The van der Waals surface area contributed by atoms with E-state index >= 15 is 0 Å². The number of aryl methyl sites for hydroxylation is 1. The molecule has 0 saturated carbocycles. The van der Waals surface area contributed by atoms with E-state index in [4.69, 9.17) is 16.3 Å². The van der Waals surface area contributed by atoms with E-state index in [2.05, 4.69) is 0 Å². The number of nitrogens with zero attached hydrogens (tertiary/aromatic N) is 2. The molecule has 1 fully saturated rings. The molecular weight excluding hydrogens is 512 g/mol. The zero-order valence-electron chi connectivity index (χ0n) is 20.3. The van der Waals surface area contributed by atoms with Gasteiger partial charge in [-0.3, -0.25) is 9.59 Å². The van der Waals surface area contributed by atoms with Gasteiger partial charge in [-0.05, 0) is 67.1 Å². The topological polar surface area (TPSA) is 84.0 Å². The molecule has 7 nitrogen and oxygen atoms in total. The third-order valence-electron chi connectivity index (χ3n) is 6.05. The molecule has 9 heteroatoms. The van der Waals surface area contributed by atoms with Crippen LogP contribution in [0.1, 0.15) is 21.5 Å². The maximum Gasteiger partial charge on any atom is 0.260 e. The predicted molar refractivity (Wildman–Crippen MR) is 143 cm³/mol. The van der Waals surface area contributed by atoms with Crippen molar-refractivity contribution >= 4 is 39.4 Å². The Kier molecular flexibility index (Phi) is 8.43. The van der Waals surface area contributed by atoms with Crippen molar-refractivity contribution in [3.63, 3.8) is 0 Å². The summed E-state index contributed by atoms with van der Waals surface area (Å²) in [6, 6.07) is 20.5. The highest BCUT2D eigenvalue weighted by molar-refractivity contribution is 7.89. The normalized spacial score (nSPS) is 14.6. The zero-order chi connectivity index (χ0) is 26.4. The van der Waals surface area contributed by atoms with Crippen LogP contribution in [0.3, 0.4) is 0 Å². The van der Waals surface area contributed by atoms with Crippen LogP contribution < -0.4 is 4.74 Å². The quantitative estimate of drug-likeness (QED) is 0.312. The summed E-state index contributed by atoms with van der Waals surface area (Å²) >= 11 is 5.85. The van der Waals surface area contributed by atoms with Crippen molar-refractivity contribution in [2.45, 2.75) is 11.8 Å². The van der Waals surface area contributed by atoms with Crippen molar-refractivity contribution < 1.29 is 22.7 Å². The summed E-state index contributed by atoms with van der Waals surface area (Å²) < 4.78 is 32.6. The minimum absolute atomic E-state index is 0.130. The molecule has 0 aromatic heterocycles. The molecule has 3 aromatic rings. The van der Waals surface area contributed by atoms with Gasteiger partial charge in [0.25, 0.3) is 5.91 Å². The van der Waals surface area contributed by atoms with Crippen LogP contribution in [-0.4, -0.2) is 62.1 Å². The second kappa shape index (κ2) is 11.7. The van der Waals surface area contributed by atoms with Gasteiger partial charge in [0.05, 0.1) is 4.90 Å². The van der Waals surface area contributed by atoms with E-state index in [0.717, 1.165) is 11.1 Å². The Bertz CT molecular complexity index is 1380. The number of piperazine rings is 1. The molecule has 0 N–H and O–H groups in total. The minimum atomic E-state index is -3.64. The second-order valence-electron chi connectivity index (χ2n) is 8.66. The summed E-state index contributed by atoms with van der Waals surface area (Å²) in [7, 11) is -3.64. The number of sulfonamides is 1. The Labute approximate surface area is 222 Å². The van der Waals surface area contributed by atoms with E-state index in [9.17, 15) is 18.0 Å². The summed E-state index contributed by atoms with van der Waals surface area (Å²) in [6.07, 6.45) is 3.29. The number of halogens is 1. The Morgan fingerprint density at radius 1 is 0.892 bits per heavy atom. The molecule has 0 bridgehead atoms. The minimum Gasteiger partial charge on any atom is -0.484 e. The fourth-order valence-corrected chi connectivity index (χ4v) is 5.38. The number of benzene rings is 3. The van der Waals surface area contributed by atoms with Crippen LogP contribution in [0.25, 0.3) is 6.08 Å². The van der Waals surface area contributed by atoms with Crippen LogP contribution in [0.2, 0.25) is 5.02 Å². The summed E-state index contributed by atoms with van der Waals surface area (Å²) in [5.74, 6) is 0.107. The van der Waals surface area contributed by atoms with E-state index < -0.39 is 10.0 Å².